The zero-order valence-corrected chi connectivity index (χ0v) is 17.2. The Balaban J connectivity index is 0.00000225. The van der Waals surface area contributed by atoms with E-state index in [0.717, 1.165) is 56.2 Å². The number of aliphatic imine (C=N–C) groups is 1. The van der Waals surface area contributed by atoms with Gasteiger partial charge in [-0.05, 0) is 26.0 Å². The fourth-order valence-electron chi connectivity index (χ4n) is 2.94. The van der Waals surface area contributed by atoms with Crippen LogP contribution in [-0.2, 0) is 6.54 Å². The van der Waals surface area contributed by atoms with E-state index in [1.54, 1.807) is 12.4 Å². The maximum absolute atomic E-state index is 5.57. The van der Waals surface area contributed by atoms with Gasteiger partial charge in [-0.15, -0.1) is 24.0 Å². The molecule has 2 aromatic rings. The van der Waals surface area contributed by atoms with Crippen LogP contribution in [0.5, 0.6) is 0 Å². The molecule has 1 aliphatic heterocycles. The molecule has 8 heteroatoms. The van der Waals surface area contributed by atoms with Crippen LogP contribution < -0.4 is 10.2 Å². The summed E-state index contributed by atoms with van der Waals surface area (Å²) in [5.41, 5.74) is 1.17. The highest BCUT2D eigenvalue weighted by atomic mass is 127. The van der Waals surface area contributed by atoms with Crippen molar-refractivity contribution in [3.05, 3.63) is 41.6 Å². The fraction of sp³-hybridized carbons (Fsp3) is 0.471. The molecule has 3 rings (SSSR count). The molecule has 1 aliphatic rings. The first-order valence-corrected chi connectivity index (χ1v) is 8.21. The van der Waals surface area contributed by atoms with E-state index < -0.39 is 0 Å². The maximum Gasteiger partial charge on any atom is 0.225 e. The number of hydrogen-bond acceptors (Lipinski definition) is 5. The molecule has 0 spiro atoms. The molecule has 136 valence electrons. The molecule has 0 aromatic carbocycles. The molecule has 1 saturated heterocycles. The van der Waals surface area contributed by atoms with Crippen LogP contribution in [0, 0.1) is 13.8 Å². The van der Waals surface area contributed by atoms with Crippen molar-refractivity contribution in [3.8, 4) is 0 Å². The second-order valence-corrected chi connectivity index (χ2v) is 5.86. The van der Waals surface area contributed by atoms with E-state index >= 15 is 0 Å². The first kappa shape index (κ1) is 19.5. The number of nitrogens with zero attached hydrogens (tertiary/aromatic N) is 5. The van der Waals surface area contributed by atoms with Crippen LogP contribution in [0.3, 0.4) is 0 Å². The monoisotopic (exact) mass is 456 g/mol. The van der Waals surface area contributed by atoms with Gasteiger partial charge in [0.25, 0.3) is 0 Å². The third-order valence-electron chi connectivity index (χ3n) is 4.21. The maximum atomic E-state index is 5.57. The topological polar surface area (TPSA) is 69.8 Å². The van der Waals surface area contributed by atoms with Gasteiger partial charge in [0.15, 0.2) is 5.96 Å². The minimum absolute atomic E-state index is 0. The van der Waals surface area contributed by atoms with Gasteiger partial charge in [-0.1, -0.05) is 0 Å². The molecule has 3 heterocycles. The van der Waals surface area contributed by atoms with Gasteiger partial charge >= 0.3 is 0 Å². The molecule has 2 aromatic heterocycles. The van der Waals surface area contributed by atoms with Crippen molar-refractivity contribution >= 4 is 35.9 Å². The molecule has 0 aliphatic carbocycles. The molecular weight excluding hydrogens is 431 g/mol. The van der Waals surface area contributed by atoms with Gasteiger partial charge in [-0.2, -0.15) is 0 Å². The summed E-state index contributed by atoms with van der Waals surface area (Å²) in [6.07, 6.45) is 3.56. The SMILES string of the molecule is CN=C(NCc1cc(C)oc1C)N1CCN(c2ncccn2)CC1.I. The lowest BCUT2D eigenvalue weighted by molar-refractivity contribution is 0.370. The normalized spacial score (nSPS) is 15.1. The first-order chi connectivity index (χ1) is 11.7. The summed E-state index contributed by atoms with van der Waals surface area (Å²) < 4.78 is 5.57. The van der Waals surface area contributed by atoms with Crippen LogP contribution in [0.4, 0.5) is 5.95 Å². The van der Waals surface area contributed by atoms with E-state index in [1.165, 1.54) is 5.56 Å². The van der Waals surface area contributed by atoms with Gasteiger partial charge < -0.3 is 19.5 Å². The molecule has 0 saturated carbocycles. The van der Waals surface area contributed by atoms with Crippen molar-refractivity contribution in [2.24, 2.45) is 4.99 Å². The molecular formula is C17H25IN6O. The minimum Gasteiger partial charge on any atom is -0.466 e. The zero-order chi connectivity index (χ0) is 16.9. The number of piperazine rings is 1. The predicted octanol–water partition coefficient (Wildman–Crippen LogP) is 2.20. The van der Waals surface area contributed by atoms with Crippen LogP contribution in [0.1, 0.15) is 17.1 Å². The number of hydrogen-bond donors (Lipinski definition) is 1. The fourth-order valence-corrected chi connectivity index (χ4v) is 2.94. The van der Waals surface area contributed by atoms with E-state index in [-0.39, 0.29) is 24.0 Å². The zero-order valence-electron chi connectivity index (χ0n) is 14.9. The Morgan fingerprint density at radius 2 is 1.88 bits per heavy atom. The van der Waals surface area contributed by atoms with E-state index in [4.69, 9.17) is 4.42 Å². The number of furan rings is 1. The van der Waals surface area contributed by atoms with Gasteiger partial charge in [-0.25, -0.2) is 9.97 Å². The smallest absolute Gasteiger partial charge is 0.225 e. The highest BCUT2D eigenvalue weighted by molar-refractivity contribution is 14.0. The lowest BCUT2D eigenvalue weighted by atomic mass is 10.2. The molecule has 0 amide bonds. The molecule has 1 N–H and O–H groups in total. The molecule has 0 unspecified atom stereocenters. The van der Waals surface area contributed by atoms with E-state index in [1.807, 2.05) is 27.0 Å². The standard InChI is InChI=1S/C17H24N6O.HI/c1-13-11-15(14(2)24-13)12-21-16(18-3)22-7-9-23(10-8-22)17-19-5-4-6-20-17;/h4-6,11H,7-10,12H2,1-3H3,(H,18,21);1H. The average molecular weight is 456 g/mol. The molecule has 7 nitrogen and oxygen atoms in total. The van der Waals surface area contributed by atoms with Gasteiger partial charge in [0.1, 0.15) is 11.5 Å². The van der Waals surface area contributed by atoms with Crippen LogP contribution in [0.15, 0.2) is 33.9 Å². The molecule has 0 radical (unpaired) electrons. The first-order valence-electron chi connectivity index (χ1n) is 8.21. The quantitative estimate of drug-likeness (QED) is 0.434. The van der Waals surface area contributed by atoms with Crippen molar-refractivity contribution in [3.63, 3.8) is 0 Å². The highest BCUT2D eigenvalue weighted by Crippen LogP contribution is 2.14. The number of aryl methyl sites for hydroxylation is 2. The minimum atomic E-state index is 0. The summed E-state index contributed by atoms with van der Waals surface area (Å²) in [5.74, 6) is 3.61. The Hall–Kier alpha value is -1.84. The van der Waals surface area contributed by atoms with Crippen molar-refractivity contribution in [2.45, 2.75) is 20.4 Å². The Morgan fingerprint density at radius 3 is 2.44 bits per heavy atom. The lowest BCUT2D eigenvalue weighted by Gasteiger charge is -2.36. The summed E-state index contributed by atoms with van der Waals surface area (Å²) in [6, 6.07) is 3.91. The summed E-state index contributed by atoms with van der Waals surface area (Å²) in [4.78, 5) is 17.5. The average Bonchev–Trinajstić information content (AvgIpc) is 2.94. The largest absolute Gasteiger partial charge is 0.466 e. The van der Waals surface area contributed by atoms with Crippen LogP contribution >= 0.6 is 24.0 Å². The number of anilines is 1. The third kappa shape index (κ3) is 4.83. The summed E-state index contributed by atoms with van der Waals surface area (Å²) in [7, 11) is 1.82. The van der Waals surface area contributed by atoms with Crippen LogP contribution in [0.2, 0.25) is 0 Å². The summed E-state index contributed by atoms with van der Waals surface area (Å²) >= 11 is 0. The van der Waals surface area contributed by atoms with Crippen LogP contribution in [-0.4, -0.2) is 54.1 Å². The number of guanidine groups is 1. The number of aromatic nitrogens is 2. The number of nitrogens with one attached hydrogen (secondary N) is 1. The molecule has 0 atom stereocenters. The van der Waals surface area contributed by atoms with Gasteiger partial charge in [-0.3, -0.25) is 4.99 Å². The van der Waals surface area contributed by atoms with Gasteiger partial charge in [0.05, 0.1) is 0 Å². The predicted molar refractivity (Wildman–Crippen MR) is 110 cm³/mol. The van der Waals surface area contributed by atoms with E-state index in [2.05, 4.69) is 36.1 Å². The van der Waals surface area contributed by atoms with Crippen molar-refractivity contribution in [2.75, 3.05) is 38.1 Å². The lowest BCUT2D eigenvalue weighted by Crippen LogP contribution is -2.52. The summed E-state index contributed by atoms with van der Waals surface area (Å²) in [6.45, 7) is 8.23. The van der Waals surface area contributed by atoms with E-state index in [0.29, 0.717) is 0 Å². The number of halogens is 1. The van der Waals surface area contributed by atoms with Crippen molar-refractivity contribution in [1.82, 2.24) is 20.2 Å². The Kier molecular flexibility index (Phi) is 7.03. The number of rotatable bonds is 3. The van der Waals surface area contributed by atoms with E-state index in [9.17, 15) is 0 Å². The second kappa shape index (κ2) is 9.02. The molecule has 0 bridgehead atoms. The molecule has 25 heavy (non-hydrogen) atoms. The summed E-state index contributed by atoms with van der Waals surface area (Å²) in [5, 5.41) is 3.43. The van der Waals surface area contributed by atoms with Gasteiger partial charge in [0, 0.05) is 57.7 Å². The Bertz CT molecular complexity index is 694. The van der Waals surface area contributed by atoms with Crippen molar-refractivity contribution < 1.29 is 4.42 Å². The second-order valence-electron chi connectivity index (χ2n) is 5.86. The Morgan fingerprint density at radius 1 is 1.20 bits per heavy atom. The third-order valence-corrected chi connectivity index (χ3v) is 4.21. The Labute approximate surface area is 165 Å². The van der Waals surface area contributed by atoms with Crippen LogP contribution in [0.25, 0.3) is 0 Å². The highest BCUT2D eigenvalue weighted by Gasteiger charge is 2.21. The van der Waals surface area contributed by atoms with Gasteiger partial charge in [0.2, 0.25) is 5.95 Å². The molecule has 1 fully saturated rings. The van der Waals surface area contributed by atoms with Crippen molar-refractivity contribution in [1.29, 1.82) is 0 Å².